The van der Waals surface area contributed by atoms with E-state index in [9.17, 15) is 9.59 Å². The van der Waals surface area contributed by atoms with E-state index in [0.29, 0.717) is 39.3 Å². The van der Waals surface area contributed by atoms with Gasteiger partial charge in [0.05, 0.1) is 11.1 Å². The Hall–Kier alpha value is -2.20. The topological polar surface area (TPSA) is 92.9 Å². The maximum atomic E-state index is 13.2. The summed E-state index contributed by atoms with van der Waals surface area (Å²) in [5, 5.41) is 3.22. The second-order valence-electron chi connectivity index (χ2n) is 10.3. The molecule has 1 aromatic carbocycles. The molecular formula is C27H34ClN3O5S. The summed E-state index contributed by atoms with van der Waals surface area (Å²) in [6, 6.07) is 3.53. The minimum Gasteiger partial charge on any atom is -0.448 e. The number of H-pyrrole nitrogens is 1. The number of benzene rings is 1. The van der Waals surface area contributed by atoms with Crippen LogP contribution in [0.5, 0.6) is 11.5 Å². The first-order valence-electron chi connectivity index (χ1n) is 12.8. The number of aromatic nitrogens is 1. The van der Waals surface area contributed by atoms with Crippen LogP contribution in [0.3, 0.4) is 0 Å². The van der Waals surface area contributed by atoms with Crippen molar-refractivity contribution in [3.8, 4) is 11.5 Å². The number of piperidine rings is 1. The van der Waals surface area contributed by atoms with Crippen molar-refractivity contribution in [3.63, 3.8) is 0 Å². The standard InChI is InChI=1S/C27H34ClN3O5S/c1-15-11-22(37-4)20(26(33)30-15)13-29-25(32)19-12-21(28)24-23(16(19)2)35-27(3,36-24)17-5-8-31(9-6-17)14-18-7-10-34-18/h11-12,17-18H,5-10,13-14H2,1-4H3,(H,29,32)(H,30,33)/t18-,27+/m0/s1. The molecule has 2 atom stereocenters. The predicted molar refractivity (Wildman–Crippen MR) is 144 cm³/mol. The molecule has 2 fully saturated rings. The van der Waals surface area contributed by atoms with Crippen LogP contribution in [0.15, 0.2) is 21.8 Å². The molecule has 0 radical (unpaired) electrons. The Morgan fingerprint density at radius 1 is 1.22 bits per heavy atom. The third-order valence-electron chi connectivity index (χ3n) is 7.75. The lowest BCUT2D eigenvalue weighted by molar-refractivity contribution is -0.129. The Balaban J connectivity index is 1.28. The molecule has 1 aromatic heterocycles. The van der Waals surface area contributed by atoms with Crippen LogP contribution in [-0.2, 0) is 11.3 Å². The third-order valence-corrected chi connectivity index (χ3v) is 8.84. The average Bonchev–Trinajstić information content (AvgIpc) is 3.22. The average molecular weight is 548 g/mol. The summed E-state index contributed by atoms with van der Waals surface area (Å²) in [6.45, 7) is 9.56. The zero-order valence-electron chi connectivity index (χ0n) is 21.7. The smallest absolute Gasteiger partial charge is 0.254 e. The van der Waals surface area contributed by atoms with Crippen LogP contribution in [0.25, 0.3) is 0 Å². The van der Waals surface area contributed by atoms with Crippen molar-refractivity contribution in [3.05, 3.63) is 49.9 Å². The first-order valence-corrected chi connectivity index (χ1v) is 14.4. The number of amides is 1. The maximum absolute atomic E-state index is 13.2. The molecule has 0 unspecified atom stereocenters. The molecule has 3 aliphatic rings. The molecule has 5 rings (SSSR count). The van der Waals surface area contributed by atoms with Gasteiger partial charge in [-0.1, -0.05) is 11.6 Å². The number of hydrogen-bond donors (Lipinski definition) is 2. The minimum absolute atomic E-state index is 0.109. The van der Waals surface area contributed by atoms with Crippen molar-refractivity contribution in [2.45, 2.75) is 63.4 Å². The van der Waals surface area contributed by atoms with Gasteiger partial charge in [-0.05, 0) is 64.6 Å². The lowest BCUT2D eigenvalue weighted by atomic mass is 9.89. The van der Waals surface area contributed by atoms with Crippen molar-refractivity contribution < 1.29 is 19.0 Å². The lowest BCUT2D eigenvalue weighted by Gasteiger charge is -2.40. The van der Waals surface area contributed by atoms with Crippen molar-refractivity contribution in [1.82, 2.24) is 15.2 Å². The fourth-order valence-electron chi connectivity index (χ4n) is 5.40. The monoisotopic (exact) mass is 547 g/mol. The number of pyridine rings is 1. The molecular weight excluding hydrogens is 514 g/mol. The quantitative estimate of drug-likeness (QED) is 0.500. The van der Waals surface area contributed by atoms with Gasteiger partial charge in [-0.15, -0.1) is 11.8 Å². The largest absolute Gasteiger partial charge is 0.448 e. The van der Waals surface area contributed by atoms with Crippen molar-refractivity contribution in [1.29, 1.82) is 0 Å². The van der Waals surface area contributed by atoms with E-state index in [-0.39, 0.29) is 23.9 Å². The molecule has 2 aromatic rings. The number of carbonyl (C=O) groups excluding carboxylic acids is 1. The van der Waals surface area contributed by atoms with Crippen LogP contribution >= 0.6 is 23.4 Å². The predicted octanol–water partition coefficient (Wildman–Crippen LogP) is 4.29. The number of thioether (sulfide) groups is 1. The minimum atomic E-state index is -0.840. The van der Waals surface area contributed by atoms with Gasteiger partial charge in [0, 0.05) is 59.8 Å². The summed E-state index contributed by atoms with van der Waals surface area (Å²) < 4.78 is 18.4. The van der Waals surface area contributed by atoms with Gasteiger partial charge in [-0.25, -0.2) is 0 Å². The van der Waals surface area contributed by atoms with Gasteiger partial charge >= 0.3 is 0 Å². The number of fused-ring (bicyclic) bond motifs is 1. The van der Waals surface area contributed by atoms with Gasteiger partial charge < -0.3 is 29.4 Å². The summed E-state index contributed by atoms with van der Waals surface area (Å²) in [5.41, 5.74) is 2.18. The van der Waals surface area contributed by atoms with Crippen LogP contribution in [0.1, 0.15) is 53.4 Å². The van der Waals surface area contributed by atoms with E-state index in [2.05, 4.69) is 15.2 Å². The zero-order valence-corrected chi connectivity index (χ0v) is 23.3. The number of rotatable bonds is 7. The number of nitrogens with one attached hydrogen (secondary N) is 2. The van der Waals surface area contributed by atoms with Crippen LogP contribution in [0.4, 0.5) is 0 Å². The fraction of sp³-hybridized carbons (Fsp3) is 0.556. The molecule has 0 spiro atoms. The van der Waals surface area contributed by atoms with E-state index in [0.717, 1.165) is 56.1 Å². The number of aryl methyl sites for hydroxylation is 1. The molecule has 10 heteroatoms. The summed E-state index contributed by atoms with van der Waals surface area (Å²) in [7, 11) is 0. The van der Waals surface area contributed by atoms with Gasteiger partial charge in [0.2, 0.25) is 0 Å². The summed E-state index contributed by atoms with van der Waals surface area (Å²) in [5.74, 6) is 0.0434. The molecule has 3 aliphatic heterocycles. The highest BCUT2D eigenvalue weighted by Crippen LogP contribution is 2.51. The molecule has 2 N–H and O–H groups in total. The highest BCUT2D eigenvalue weighted by atomic mass is 35.5. The molecule has 0 saturated carbocycles. The Labute approximate surface area is 226 Å². The second kappa shape index (κ2) is 10.5. The van der Waals surface area contributed by atoms with Gasteiger partial charge in [-0.3, -0.25) is 9.59 Å². The highest BCUT2D eigenvalue weighted by molar-refractivity contribution is 7.98. The van der Waals surface area contributed by atoms with E-state index in [1.807, 2.05) is 33.1 Å². The number of ether oxygens (including phenoxy) is 3. The first-order chi connectivity index (χ1) is 17.7. The molecule has 0 aliphatic carbocycles. The number of carbonyl (C=O) groups is 1. The third kappa shape index (κ3) is 5.24. The van der Waals surface area contributed by atoms with Gasteiger partial charge in [0.1, 0.15) is 0 Å². The normalized spacial score (nSPS) is 23.6. The van der Waals surface area contributed by atoms with Gasteiger partial charge in [0.25, 0.3) is 17.3 Å². The van der Waals surface area contributed by atoms with Gasteiger partial charge in [-0.2, -0.15) is 0 Å². The number of likely N-dealkylation sites (tertiary alicyclic amines) is 1. The van der Waals surface area contributed by atoms with Crippen molar-refractivity contribution in [2.75, 3.05) is 32.5 Å². The van der Waals surface area contributed by atoms with Crippen LogP contribution in [0.2, 0.25) is 5.02 Å². The van der Waals surface area contributed by atoms with E-state index >= 15 is 0 Å². The van der Waals surface area contributed by atoms with Gasteiger partial charge in [0.15, 0.2) is 11.5 Å². The Morgan fingerprint density at radius 2 is 1.92 bits per heavy atom. The molecule has 37 heavy (non-hydrogen) atoms. The van der Waals surface area contributed by atoms with E-state index in [1.54, 1.807) is 6.07 Å². The molecule has 200 valence electrons. The zero-order chi connectivity index (χ0) is 26.3. The molecule has 4 heterocycles. The maximum Gasteiger partial charge on any atom is 0.254 e. The van der Waals surface area contributed by atoms with Crippen molar-refractivity contribution >= 4 is 29.3 Å². The summed E-state index contributed by atoms with van der Waals surface area (Å²) in [4.78, 5) is 31.7. The van der Waals surface area contributed by atoms with Crippen LogP contribution in [-0.4, -0.2) is 60.2 Å². The van der Waals surface area contributed by atoms with Crippen molar-refractivity contribution in [2.24, 2.45) is 5.92 Å². The Kier molecular flexibility index (Phi) is 7.51. The Bertz CT molecular complexity index is 1260. The first kappa shape index (κ1) is 26.4. The number of halogens is 1. The van der Waals surface area contributed by atoms with E-state index in [4.69, 9.17) is 25.8 Å². The molecule has 0 bridgehead atoms. The second-order valence-corrected chi connectivity index (χ2v) is 11.5. The van der Waals surface area contributed by atoms with Crippen LogP contribution in [0, 0.1) is 19.8 Å². The summed E-state index contributed by atoms with van der Waals surface area (Å²) >= 11 is 8.08. The SMILES string of the molecule is CSc1cc(C)[nH]c(=O)c1CNC(=O)c1cc(Cl)c2c(c1C)O[C@@](C)(C1CCN(C[C@@H]3CCO3)CC1)O2. The fourth-order valence-corrected chi connectivity index (χ4v) is 6.34. The Morgan fingerprint density at radius 3 is 2.57 bits per heavy atom. The van der Waals surface area contributed by atoms with E-state index in [1.165, 1.54) is 11.8 Å². The highest BCUT2D eigenvalue weighted by Gasteiger charge is 2.47. The van der Waals surface area contributed by atoms with Crippen LogP contribution < -0.4 is 20.3 Å². The molecule has 2 saturated heterocycles. The number of nitrogens with zero attached hydrogens (tertiary/aromatic N) is 1. The van der Waals surface area contributed by atoms with E-state index < -0.39 is 5.79 Å². The number of hydrogen-bond acceptors (Lipinski definition) is 7. The summed E-state index contributed by atoms with van der Waals surface area (Å²) in [6.07, 6.45) is 5.32. The lowest BCUT2D eigenvalue weighted by Crippen LogP contribution is -2.50. The molecule has 8 nitrogen and oxygen atoms in total. The number of aromatic amines is 1. The molecule has 1 amide bonds.